The van der Waals surface area contributed by atoms with Crippen molar-refractivity contribution in [3.05, 3.63) is 78.4 Å². The Morgan fingerprint density at radius 3 is 2.77 bits per heavy atom. The molecule has 0 saturated heterocycles. The standard InChI is InChI=1S/C23H24N4O3/c1-30-21-9-5-3-7-18(21)15-25-22(28)14-20(26-13-11-24-16-26)23(29)27-12-10-17-6-2-4-8-19(17)27/h2-9,11,13,16,20H,10,12,14-15H2,1H3,(H,25,28). The van der Waals surface area contributed by atoms with Gasteiger partial charge in [-0.05, 0) is 24.1 Å². The molecule has 7 heteroatoms. The second-order valence-electron chi connectivity index (χ2n) is 7.19. The Bertz CT molecular complexity index is 1030. The van der Waals surface area contributed by atoms with Gasteiger partial charge < -0.3 is 19.5 Å². The Labute approximate surface area is 175 Å². The van der Waals surface area contributed by atoms with Gasteiger partial charge in [0.15, 0.2) is 0 Å². The van der Waals surface area contributed by atoms with Crippen molar-refractivity contribution in [2.45, 2.75) is 25.4 Å². The lowest BCUT2D eigenvalue weighted by atomic mass is 10.1. The van der Waals surface area contributed by atoms with Gasteiger partial charge in [-0.3, -0.25) is 9.59 Å². The Morgan fingerprint density at radius 1 is 1.17 bits per heavy atom. The Morgan fingerprint density at radius 2 is 1.97 bits per heavy atom. The first-order valence-corrected chi connectivity index (χ1v) is 9.92. The molecule has 1 unspecified atom stereocenters. The molecule has 3 aromatic rings. The molecule has 0 bridgehead atoms. The van der Waals surface area contributed by atoms with E-state index in [0.717, 1.165) is 23.2 Å². The van der Waals surface area contributed by atoms with Gasteiger partial charge in [0, 0.05) is 36.7 Å². The van der Waals surface area contributed by atoms with Gasteiger partial charge in [0.05, 0.1) is 19.9 Å². The zero-order chi connectivity index (χ0) is 20.9. The molecule has 1 aromatic heterocycles. The number of fused-ring (bicyclic) bond motifs is 1. The van der Waals surface area contributed by atoms with Gasteiger partial charge in [0.2, 0.25) is 5.91 Å². The van der Waals surface area contributed by atoms with Crippen LogP contribution in [-0.4, -0.2) is 35.0 Å². The summed E-state index contributed by atoms with van der Waals surface area (Å²) in [5.74, 6) is 0.402. The molecule has 4 rings (SSSR count). The van der Waals surface area contributed by atoms with Crippen LogP contribution in [0.25, 0.3) is 0 Å². The van der Waals surface area contributed by atoms with Crippen LogP contribution in [0.3, 0.4) is 0 Å². The molecule has 154 valence electrons. The minimum absolute atomic E-state index is 0.0308. The molecule has 1 atom stereocenters. The van der Waals surface area contributed by atoms with Gasteiger partial charge >= 0.3 is 0 Å². The number of amides is 2. The number of nitrogens with one attached hydrogen (secondary N) is 1. The minimum atomic E-state index is -0.656. The highest BCUT2D eigenvalue weighted by Gasteiger charge is 2.32. The number of benzene rings is 2. The SMILES string of the molecule is COc1ccccc1CNC(=O)CC(C(=O)N1CCc2ccccc21)n1ccnc1. The van der Waals surface area contributed by atoms with E-state index in [1.165, 1.54) is 0 Å². The van der Waals surface area contributed by atoms with E-state index >= 15 is 0 Å². The summed E-state index contributed by atoms with van der Waals surface area (Å²) < 4.78 is 7.03. The van der Waals surface area contributed by atoms with Gasteiger partial charge in [-0.25, -0.2) is 4.98 Å². The van der Waals surface area contributed by atoms with Gasteiger partial charge in [-0.15, -0.1) is 0 Å². The summed E-state index contributed by atoms with van der Waals surface area (Å²) in [7, 11) is 1.60. The molecule has 0 spiro atoms. The molecule has 1 aliphatic heterocycles. The topological polar surface area (TPSA) is 76.5 Å². The fourth-order valence-electron chi connectivity index (χ4n) is 3.81. The normalized spacial score (nSPS) is 13.6. The van der Waals surface area contributed by atoms with E-state index in [4.69, 9.17) is 4.74 Å². The van der Waals surface area contributed by atoms with Crippen LogP contribution < -0.4 is 15.0 Å². The number of ether oxygens (including phenoxy) is 1. The van der Waals surface area contributed by atoms with Crippen LogP contribution in [0, 0.1) is 0 Å². The number of carbonyl (C=O) groups is 2. The lowest BCUT2D eigenvalue weighted by Gasteiger charge is -2.24. The quantitative estimate of drug-likeness (QED) is 0.657. The Balaban J connectivity index is 1.48. The molecule has 0 aliphatic carbocycles. The molecule has 1 N–H and O–H groups in total. The van der Waals surface area contributed by atoms with Crippen LogP contribution in [0.15, 0.2) is 67.3 Å². The maximum absolute atomic E-state index is 13.4. The largest absolute Gasteiger partial charge is 0.496 e. The third-order valence-corrected chi connectivity index (χ3v) is 5.37. The maximum atomic E-state index is 13.4. The zero-order valence-corrected chi connectivity index (χ0v) is 16.8. The van der Waals surface area contributed by atoms with Gasteiger partial charge in [0.1, 0.15) is 11.8 Å². The van der Waals surface area contributed by atoms with Crippen molar-refractivity contribution < 1.29 is 14.3 Å². The van der Waals surface area contributed by atoms with Crippen LogP contribution in [0.4, 0.5) is 5.69 Å². The van der Waals surface area contributed by atoms with Crippen LogP contribution >= 0.6 is 0 Å². The van der Waals surface area contributed by atoms with E-state index < -0.39 is 6.04 Å². The van der Waals surface area contributed by atoms with E-state index in [9.17, 15) is 9.59 Å². The van der Waals surface area contributed by atoms with Crippen molar-refractivity contribution in [2.24, 2.45) is 0 Å². The fourth-order valence-corrected chi connectivity index (χ4v) is 3.81. The number of hydrogen-bond donors (Lipinski definition) is 1. The summed E-state index contributed by atoms with van der Waals surface area (Å²) in [6.45, 7) is 0.951. The van der Waals surface area contributed by atoms with Crippen LogP contribution in [0.2, 0.25) is 0 Å². The second-order valence-corrected chi connectivity index (χ2v) is 7.19. The number of rotatable bonds is 7. The van der Waals surface area contributed by atoms with Gasteiger partial charge in [0.25, 0.3) is 5.91 Å². The van der Waals surface area contributed by atoms with Crippen molar-refractivity contribution in [2.75, 3.05) is 18.6 Å². The first kappa shape index (κ1) is 19.7. The highest BCUT2D eigenvalue weighted by Crippen LogP contribution is 2.30. The summed E-state index contributed by atoms with van der Waals surface area (Å²) in [5, 5.41) is 2.91. The summed E-state index contributed by atoms with van der Waals surface area (Å²) >= 11 is 0. The number of imidazole rings is 1. The van der Waals surface area contributed by atoms with E-state index in [2.05, 4.69) is 10.3 Å². The molecule has 2 heterocycles. The average molecular weight is 404 g/mol. The zero-order valence-electron chi connectivity index (χ0n) is 16.8. The molecule has 30 heavy (non-hydrogen) atoms. The molecular weight excluding hydrogens is 380 g/mol. The molecule has 7 nitrogen and oxygen atoms in total. The Hall–Kier alpha value is -3.61. The van der Waals surface area contributed by atoms with Crippen molar-refractivity contribution >= 4 is 17.5 Å². The van der Waals surface area contributed by atoms with Crippen molar-refractivity contribution in [1.82, 2.24) is 14.9 Å². The third kappa shape index (κ3) is 4.05. The molecule has 0 fully saturated rings. The summed E-state index contributed by atoms with van der Waals surface area (Å²) in [6, 6.07) is 14.8. The number of anilines is 1. The maximum Gasteiger partial charge on any atom is 0.250 e. The van der Waals surface area contributed by atoms with Crippen LogP contribution in [-0.2, 0) is 22.6 Å². The highest BCUT2D eigenvalue weighted by molar-refractivity contribution is 6.00. The smallest absolute Gasteiger partial charge is 0.250 e. The number of methoxy groups -OCH3 is 1. The van der Waals surface area contributed by atoms with Gasteiger partial charge in [-0.2, -0.15) is 0 Å². The summed E-state index contributed by atoms with van der Waals surface area (Å²) in [6.07, 6.45) is 5.77. The minimum Gasteiger partial charge on any atom is -0.496 e. The molecule has 0 radical (unpaired) electrons. The average Bonchev–Trinajstić information content (AvgIpc) is 3.46. The molecule has 0 saturated carbocycles. The highest BCUT2D eigenvalue weighted by atomic mass is 16.5. The van der Waals surface area contributed by atoms with Crippen molar-refractivity contribution in [3.63, 3.8) is 0 Å². The van der Waals surface area contributed by atoms with Crippen molar-refractivity contribution in [1.29, 1.82) is 0 Å². The first-order chi connectivity index (χ1) is 14.7. The summed E-state index contributed by atoms with van der Waals surface area (Å²) in [4.78, 5) is 32.0. The summed E-state index contributed by atoms with van der Waals surface area (Å²) in [5.41, 5.74) is 2.95. The number of nitrogens with zero attached hydrogens (tertiary/aromatic N) is 3. The lowest BCUT2D eigenvalue weighted by Crippen LogP contribution is -2.38. The number of carbonyl (C=O) groups excluding carboxylic acids is 2. The molecular formula is C23H24N4O3. The van der Waals surface area contributed by atoms with E-state index in [0.29, 0.717) is 18.8 Å². The first-order valence-electron chi connectivity index (χ1n) is 9.92. The van der Waals surface area contributed by atoms with Crippen LogP contribution in [0.5, 0.6) is 5.75 Å². The number of hydrogen-bond acceptors (Lipinski definition) is 4. The predicted octanol–water partition coefficient (Wildman–Crippen LogP) is 2.73. The molecule has 2 amide bonds. The monoisotopic (exact) mass is 404 g/mol. The molecule has 2 aromatic carbocycles. The fraction of sp³-hybridized carbons (Fsp3) is 0.261. The van der Waals surface area contributed by atoms with Crippen LogP contribution in [0.1, 0.15) is 23.6 Å². The second kappa shape index (κ2) is 8.82. The number of para-hydroxylation sites is 2. The van der Waals surface area contributed by atoms with Gasteiger partial charge in [-0.1, -0.05) is 36.4 Å². The van der Waals surface area contributed by atoms with Crippen molar-refractivity contribution in [3.8, 4) is 5.75 Å². The van der Waals surface area contributed by atoms with E-state index in [1.807, 2.05) is 48.5 Å². The van der Waals surface area contributed by atoms with E-state index in [1.54, 1.807) is 35.3 Å². The predicted molar refractivity (Wildman–Crippen MR) is 113 cm³/mol. The third-order valence-electron chi connectivity index (χ3n) is 5.37. The number of aromatic nitrogens is 2. The molecule has 1 aliphatic rings. The van der Waals surface area contributed by atoms with E-state index in [-0.39, 0.29) is 18.2 Å². The lowest BCUT2D eigenvalue weighted by molar-refractivity contribution is -0.128. The Kier molecular flexibility index (Phi) is 5.79.